The van der Waals surface area contributed by atoms with Crippen LogP contribution in [0.5, 0.6) is 5.75 Å². The van der Waals surface area contributed by atoms with Gasteiger partial charge in [-0.1, -0.05) is 30.3 Å². The van der Waals surface area contributed by atoms with Crippen molar-refractivity contribution in [2.45, 2.75) is 12.3 Å². The zero-order valence-electron chi connectivity index (χ0n) is 13.0. The molecule has 0 aromatic heterocycles. The summed E-state index contributed by atoms with van der Waals surface area (Å²) < 4.78 is 9.91. The van der Waals surface area contributed by atoms with Crippen molar-refractivity contribution in [3.8, 4) is 5.75 Å². The van der Waals surface area contributed by atoms with Crippen LogP contribution in [0.4, 0.5) is 10.5 Å². The summed E-state index contributed by atoms with van der Waals surface area (Å²) >= 11 is 0. The summed E-state index contributed by atoms with van der Waals surface area (Å²) in [6, 6.07) is 15.0. The van der Waals surface area contributed by atoms with Crippen LogP contribution in [-0.4, -0.2) is 26.2 Å². The first-order valence-corrected chi connectivity index (χ1v) is 7.29. The third kappa shape index (κ3) is 2.65. The number of rotatable bonds is 2. The summed E-state index contributed by atoms with van der Waals surface area (Å²) in [7, 11) is 2.89. The van der Waals surface area contributed by atoms with Gasteiger partial charge in [-0.05, 0) is 29.3 Å². The summed E-state index contributed by atoms with van der Waals surface area (Å²) in [6.07, 6.45) is -0.436. The van der Waals surface area contributed by atoms with Crippen molar-refractivity contribution >= 4 is 17.7 Å². The van der Waals surface area contributed by atoms with E-state index < -0.39 is 6.09 Å². The first-order valence-electron chi connectivity index (χ1n) is 7.29. The predicted octanol–water partition coefficient (Wildman–Crippen LogP) is 3.33. The van der Waals surface area contributed by atoms with Crippen molar-refractivity contribution in [2.24, 2.45) is 0 Å². The van der Waals surface area contributed by atoms with Gasteiger partial charge in [-0.3, -0.25) is 4.79 Å². The molecule has 1 atom stereocenters. The minimum absolute atomic E-state index is 0.0921. The lowest BCUT2D eigenvalue weighted by Crippen LogP contribution is -2.41. The fourth-order valence-corrected chi connectivity index (χ4v) is 2.92. The number of methoxy groups -OCH3 is 2. The Hall–Kier alpha value is -2.82. The number of fused-ring (bicyclic) bond motifs is 1. The van der Waals surface area contributed by atoms with Gasteiger partial charge in [-0.25, -0.2) is 9.69 Å². The predicted molar refractivity (Wildman–Crippen MR) is 85.8 cm³/mol. The fraction of sp³-hybridized carbons (Fsp3) is 0.222. The van der Waals surface area contributed by atoms with E-state index in [0.29, 0.717) is 5.69 Å². The first kappa shape index (κ1) is 15.1. The van der Waals surface area contributed by atoms with E-state index in [9.17, 15) is 9.59 Å². The number of nitrogens with zero attached hydrogens (tertiary/aromatic N) is 1. The minimum Gasteiger partial charge on any atom is -0.497 e. The van der Waals surface area contributed by atoms with Gasteiger partial charge >= 0.3 is 6.09 Å². The van der Waals surface area contributed by atoms with Crippen LogP contribution >= 0.6 is 0 Å². The average Bonchev–Trinajstić information content (AvgIpc) is 2.60. The van der Waals surface area contributed by atoms with Crippen molar-refractivity contribution < 1.29 is 19.1 Å². The van der Waals surface area contributed by atoms with Crippen molar-refractivity contribution in [3.05, 3.63) is 59.7 Å². The second-order valence-electron chi connectivity index (χ2n) is 5.29. The Labute approximate surface area is 134 Å². The highest BCUT2D eigenvalue weighted by Crippen LogP contribution is 2.40. The van der Waals surface area contributed by atoms with Crippen LogP contribution in [0.2, 0.25) is 0 Å². The van der Waals surface area contributed by atoms with Crippen molar-refractivity contribution in [1.82, 2.24) is 0 Å². The Morgan fingerprint density at radius 3 is 2.43 bits per heavy atom. The van der Waals surface area contributed by atoms with Crippen LogP contribution in [0.25, 0.3) is 0 Å². The van der Waals surface area contributed by atoms with Crippen molar-refractivity contribution in [2.75, 3.05) is 19.1 Å². The van der Waals surface area contributed by atoms with E-state index >= 15 is 0 Å². The molecular weight excluding hydrogens is 294 g/mol. The van der Waals surface area contributed by atoms with Crippen molar-refractivity contribution in [1.29, 1.82) is 0 Å². The van der Waals surface area contributed by atoms with Crippen LogP contribution < -0.4 is 9.64 Å². The molecule has 3 rings (SSSR count). The van der Waals surface area contributed by atoms with E-state index in [1.54, 1.807) is 19.2 Å². The largest absolute Gasteiger partial charge is 0.497 e. The Morgan fingerprint density at radius 1 is 1.09 bits per heavy atom. The quantitative estimate of drug-likeness (QED) is 0.853. The van der Waals surface area contributed by atoms with E-state index in [2.05, 4.69) is 0 Å². The van der Waals surface area contributed by atoms with Gasteiger partial charge in [0.1, 0.15) is 5.75 Å². The molecule has 5 nitrogen and oxygen atoms in total. The summed E-state index contributed by atoms with van der Waals surface area (Å²) in [6.45, 7) is 0. The molecule has 0 N–H and O–H groups in total. The Kier molecular flexibility index (Phi) is 4.02. The molecule has 0 aliphatic carbocycles. The van der Waals surface area contributed by atoms with E-state index in [-0.39, 0.29) is 18.2 Å². The standard InChI is InChI=1S/C18H17NO4/c1-22-13-9-7-12(8-10-13)15-11-17(20)19(18(21)23-2)16-6-4-3-5-14(15)16/h3-10,15H,11H2,1-2H3. The van der Waals surface area contributed by atoms with Crippen LogP contribution in [0, 0.1) is 0 Å². The molecule has 1 aliphatic heterocycles. The molecule has 23 heavy (non-hydrogen) atoms. The SMILES string of the molecule is COC(=O)N1C(=O)CC(c2ccc(OC)cc2)c2ccccc21. The highest BCUT2D eigenvalue weighted by molar-refractivity contribution is 6.14. The molecule has 0 saturated heterocycles. The number of anilines is 1. The molecule has 0 bridgehead atoms. The molecule has 1 aliphatic rings. The maximum atomic E-state index is 12.5. The maximum Gasteiger partial charge on any atom is 0.420 e. The van der Waals surface area contributed by atoms with E-state index in [1.165, 1.54) is 7.11 Å². The highest BCUT2D eigenvalue weighted by Gasteiger charge is 2.36. The number of benzene rings is 2. The fourth-order valence-electron chi connectivity index (χ4n) is 2.92. The third-order valence-corrected chi connectivity index (χ3v) is 4.06. The van der Waals surface area contributed by atoms with E-state index in [1.807, 2.05) is 36.4 Å². The number of ether oxygens (including phenoxy) is 2. The summed E-state index contributed by atoms with van der Waals surface area (Å²) in [5.74, 6) is 0.405. The number of carbonyl (C=O) groups excluding carboxylic acids is 2. The number of imide groups is 1. The van der Waals surface area contributed by atoms with Gasteiger partial charge in [0.15, 0.2) is 0 Å². The lowest BCUT2D eigenvalue weighted by molar-refractivity contribution is -0.118. The third-order valence-electron chi connectivity index (χ3n) is 4.06. The molecular formula is C18H17NO4. The topological polar surface area (TPSA) is 55.8 Å². The lowest BCUT2D eigenvalue weighted by Gasteiger charge is -2.32. The number of hydrogen-bond donors (Lipinski definition) is 0. The maximum absolute atomic E-state index is 12.5. The molecule has 1 unspecified atom stereocenters. The second-order valence-corrected chi connectivity index (χ2v) is 5.29. The number of carbonyl (C=O) groups is 2. The minimum atomic E-state index is -0.657. The zero-order valence-corrected chi connectivity index (χ0v) is 13.0. The van der Waals surface area contributed by atoms with Gasteiger partial charge in [0, 0.05) is 12.3 Å². The molecule has 5 heteroatoms. The molecule has 0 radical (unpaired) electrons. The van der Waals surface area contributed by atoms with Gasteiger partial charge < -0.3 is 9.47 Å². The number of para-hydroxylation sites is 1. The Bertz CT molecular complexity index is 739. The normalized spacial score (nSPS) is 16.7. The molecule has 118 valence electrons. The second kappa shape index (κ2) is 6.12. The average molecular weight is 311 g/mol. The molecule has 2 aromatic carbocycles. The van der Waals surface area contributed by atoms with Crippen LogP contribution in [0.15, 0.2) is 48.5 Å². The summed E-state index contributed by atoms with van der Waals surface area (Å²) in [5, 5.41) is 0. The lowest BCUT2D eigenvalue weighted by atomic mass is 9.84. The molecule has 2 amide bonds. The molecule has 1 heterocycles. The number of amides is 2. The Morgan fingerprint density at radius 2 is 1.78 bits per heavy atom. The molecule has 0 fully saturated rings. The summed E-state index contributed by atoms with van der Waals surface area (Å²) in [4.78, 5) is 25.5. The zero-order chi connectivity index (χ0) is 16.4. The van der Waals surface area contributed by atoms with E-state index in [4.69, 9.17) is 9.47 Å². The van der Waals surface area contributed by atoms with Gasteiger partial charge in [0.2, 0.25) is 5.91 Å². The van der Waals surface area contributed by atoms with Crippen LogP contribution in [-0.2, 0) is 9.53 Å². The highest BCUT2D eigenvalue weighted by atomic mass is 16.5. The molecule has 2 aromatic rings. The first-order chi connectivity index (χ1) is 11.2. The van der Waals surface area contributed by atoms with Gasteiger partial charge in [0.05, 0.1) is 19.9 Å². The van der Waals surface area contributed by atoms with Gasteiger partial charge in [-0.2, -0.15) is 0 Å². The smallest absolute Gasteiger partial charge is 0.420 e. The van der Waals surface area contributed by atoms with Crippen LogP contribution in [0.1, 0.15) is 23.5 Å². The van der Waals surface area contributed by atoms with Crippen LogP contribution in [0.3, 0.4) is 0 Å². The Balaban J connectivity index is 2.05. The van der Waals surface area contributed by atoms with Gasteiger partial charge in [-0.15, -0.1) is 0 Å². The molecule has 0 saturated carbocycles. The molecule has 0 spiro atoms. The monoisotopic (exact) mass is 311 g/mol. The van der Waals surface area contributed by atoms with Gasteiger partial charge in [0.25, 0.3) is 0 Å². The van der Waals surface area contributed by atoms with Crippen molar-refractivity contribution in [3.63, 3.8) is 0 Å². The van der Waals surface area contributed by atoms with E-state index in [0.717, 1.165) is 21.8 Å². The summed E-state index contributed by atoms with van der Waals surface area (Å²) in [5.41, 5.74) is 2.52. The number of hydrogen-bond acceptors (Lipinski definition) is 4.